The molecule has 0 radical (unpaired) electrons. The van der Waals surface area contributed by atoms with Crippen LogP contribution in [0.4, 0.5) is 0 Å². The number of aliphatic carboxylic acids is 3. The summed E-state index contributed by atoms with van der Waals surface area (Å²) in [6, 6.07) is 6.92. The van der Waals surface area contributed by atoms with Gasteiger partial charge in [0.05, 0.1) is 36.1 Å². The molecular formula is C92H149N11O12. The van der Waals surface area contributed by atoms with E-state index < -0.39 is 34.2 Å². The van der Waals surface area contributed by atoms with Gasteiger partial charge >= 0.3 is 17.9 Å². The molecule has 0 bridgehead atoms. The molecule has 1 aromatic rings. The smallest absolute Gasteiger partial charge is 0.309 e. The number of nitrogens with zero attached hydrogens (tertiary/aromatic N) is 11. The van der Waals surface area contributed by atoms with Crippen LogP contribution < -0.4 is 0 Å². The monoisotopic (exact) mass is 1600 g/mol. The van der Waals surface area contributed by atoms with Gasteiger partial charge in [0.25, 0.3) is 0 Å². The zero-order valence-corrected chi connectivity index (χ0v) is 73.8. The van der Waals surface area contributed by atoms with Gasteiger partial charge in [0.1, 0.15) is 17.3 Å². The largest absolute Gasteiger partial charge is 0.481 e. The Bertz CT molecular complexity index is 3550. The minimum atomic E-state index is -0.606. The van der Waals surface area contributed by atoms with Gasteiger partial charge in [0.15, 0.2) is 5.66 Å². The van der Waals surface area contributed by atoms with E-state index in [0.717, 1.165) is 114 Å². The van der Waals surface area contributed by atoms with E-state index >= 15 is 0 Å². The van der Waals surface area contributed by atoms with Gasteiger partial charge in [0.2, 0.25) is 0 Å². The summed E-state index contributed by atoms with van der Waals surface area (Å²) >= 11 is 0. The van der Waals surface area contributed by atoms with E-state index in [2.05, 4.69) is 173 Å². The van der Waals surface area contributed by atoms with E-state index in [-0.39, 0.29) is 39.5 Å². The fourth-order valence-corrected chi connectivity index (χ4v) is 20.6. The first-order chi connectivity index (χ1) is 54.4. The number of hydrogen-bond acceptors (Lipinski definition) is 14. The van der Waals surface area contributed by atoms with Gasteiger partial charge in [-0.25, -0.2) is 0 Å². The normalized spacial score (nSPS) is 28.7. The summed E-state index contributed by atoms with van der Waals surface area (Å²) in [6.45, 7) is 41.1. The van der Waals surface area contributed by atoms with Gasteiger partial charge in [-0.3, -0.25) is 28.8 Å². The Morgan fingerprint density at radius 2 is 1.01 bits per heavy atom. The van der Waals surface area contributed by atoms with Crippen LogP contribution in [0.2, 0.25) is 0 Å². The molecule has 23 nitrogen and oxygen atoms in total. The van der Waals surface area contributed by atoms with E-state index in [9.17, 15) is 44.1 Å². The van der Waals surface area contributed by atoms with Crippen molar-refractivity contribution in [3.05, 3.63) is 102 Å². The van der Waals surface area contributed by atoms with Crippen molar-refractivity contribution in [2.45, 2.75) is 321 Å². The van der Waals surface area contributed by atoms with E-state index in [4.69, 9.17) is 30.8 Å². The number of carbonyl (C=O) groups is 6. The number of carboxylic acid groups (broad SMARTS) is 3. The average molecular weight is 1600 g/mol. The molecule has 4 saturated carbocycles. The topological polar surface area (TPSA) is 362 Å². The maximum absolute atomic E-state index is 12.0. The fraction of sp³-hybridized carbons (Fsp3) is 0.804. The van der Waals surface area contributed by atoms with E-state index in [1.165, 1.54) is 60.8 Å². The predicted octanol–water partition coefficient (Wildman–Crippen LogP) is 24.1. The molecule has 115 heavy (non-hydrogen) atoms. The zero-order valence-electron chi connectivity index (χ0n) is 73.8. The van der Waals surface area contributed by atoms with Crippen molar-refractivity contribution < 1.29 is 58.3 Å². The highest BCUT2D eigenvalue weighted by molar-refractivity contribution is 5.79. The van der Waals surface area contributed by atoms with Crippen molar-refractivity contribution in [1.29, 1.82) is 0 Å². The minimum Gasteiger partial charge on any atom is -0.481 e. The summed E-state index contributed by atoms with van der Waals surface area (Å²) in [4.78, 5) is 77.8. The Kier molecular flexibility index (Phi) is 40.5. The van der Waals surface area contributed by atoms with Crippen LogP contribution in [0.25, 0.3) is 31.3 Å². The number of rotatable bonds is 36. The fourth-order valence-electron chi connectivity index (χ4n) is 20.6. The minimum absolute atomic E-state index is 0.0223. The number of benzene rings is 1. The van der Waals surface area contributed by atoms with E-state index in [0.29, 0.717) is 164 Å². The van der Waals surface area contributed by atoms with Crippen molar-refractivity contribution in [3.63, 3.8) is 0 Å². The average Bonchev–Trinajstić information content (AvgIpc) is 1.47. The van der Waals surface area contributed by atoms with Crippen molar-refractivity contribution in [2.24, 2.45) is 118 Å². The van der Waals surface area contributed by atoms with Crippen LogP contribution in [0.3, 0.4) is 0 Å². The maximum Gasteiger partial charge on any atom is 0.309 e. The van der Waals surface area contributed by atoms with Crippen molar-refractivity contribution >= 4 is 35.3 Å². The lowest BCUT2D eigenvalue weighted by Crippen LogP contribution is -2.55. The number of hydrogen-bond donors (Lipinski definition) is 3. The summed E-state index contributed by atoms with van der Waals surface area (Å²) < 4.78 is 15.6. The first kappa shape index (κ1) is 98.8. The van der Waals surface area contributed by atoms with E-state index in [1.54, 1.807) is 5.57 Å². The Morgan fingerprint density at radius 1 is 0.530 bits per heavy atom. The summed E-state index contributed by atoms with van der Waals surface area (Å²) in [5.41, 5.74) is 29.8. The highest BCUT2D eigenvalue weighted by Crippen LogP contribution is 2.65. The molecule has 4 unspecified atom stereocenters. The first-order valence-corrected chi connectivity index (χ1v) is 44.0. The molecule has 1 aliphatic heterocycles. The number of azide groups is 3. The van der Waals surface area contributed by atoms with Crippen molar-refractivity contribution in [2.75, 3.05) is 59.3 Å². The molecule has 23 heteroatoms. The Balaban J connectivity index is 0.000000248. The molecule has 9 aliphatic rings. The van der Waals surface area contributed by atoms with Crippen LogP contribution >= 0.6 is 0 Å². The molecule has 4 fully saturated rings. The van der Waals surface area contributed by atoms with Crippen LogP contribution in [0, 0.1) is 92.2 Å². The highest BCUT2D eigenvalue weighted by atomic mass is 16.5. The highest BCUT2D eigenvalue weighted by Gasteiger charge is 2.60. The number of fused-ring (bicyclic) bond motifs is 9. The number of allylic oxidation sites excluding steroid dienone is 6. The van der Waals surface area contributed by atoms with Crippen LogP contribution in [0.5, 0.6) is 0 Å². The van der Waals surface area contributed by atoms with Crippen molar-refractivity contribution in [1.82, 2.24) is 0 Å². The Labute approximate surface area is 689 Å². The van der Waals surface area contributed by atoms with Gasteiger partial charge < -0.3 is 29.5 Å². The number of carboxylic acids is 3. The molecule has 644 valence electrons. The Hall–Kier alpha value is -6.73. The second-order valence-corrected chi connectivity index (χ2v) is 38.1. The second kappa shape index (κ2) is 47.2. The summed E-state index contributed by atoms with van der Waals surface area (Å²) in [5, 5.41) is 47.2. The molecule has 8 aliphatic carbocycles. The third kappa shape index (κ3) is 28.8. The lowest BCUT2D eigenvalue weighted by Gasteiger charge is -2.59. The van der Waals surface area contributed by atoms with Gasteiger partial charge in [-0.15, -0.1) is 0 Å². The zero-order chi connectivity index (χ0) is 85.4. The molecule has 0 spiro atoms. The molecule has 0 aromatic heterocycles. The van der Waals surface area contributed by atoms with Crippen LogP contribution in [0.15, 0.2) is 79.2 Å². The summed E-state index contributed by atoms with van der Waals surface area (Å²) in [5.74, 6) is 5.69. The summed E-state index contributed by atoms with van der Waals surface area (Å²) in [7, 11) is 0. The third-order valence-electron chi connectivity index (χ3n) is 27.9. The molecule has 3 N–H and O–H groups in total. The van der Waals surface area contributed by atoms with Gasteiger partial charge in [-0.2, -0.15) is 10.2 Å². The Morgan fingerprint density at radius 3 is 1.47 bits per heavy atom. The molecular weight excluding hydrogens is 1450 g/mol. The standard InChI is InChI=1S/C20H32O2.C20H30O2.C20H28O2.2C11H21N3O2.C10H17N5O2/c3*1-13(2)14-6-8-16-15(12-14)7-9-17-19(16,3)10-5-11-20(17,4)18(21)22;2*1-10(2)5-6-11(15)4-3-8-16-9-7-13-14-12;1-10(13-14-10)5-4-9(16)3-2-7-17-8-6-12-15-11/h6,8,13-17H,5,7,9-12H2,1-4H3,(H,21,22);7,12-13,16-17H,5-6,8-11H2,1-4H3,(H,21,22);6,8,12-13,17H,5,7,9-11H2,1-4H3,(H,21,22);2*10H,3-9H2,1-2H3;2-8H2,1H3/t14?,15?,16?,17-,19-,20-;16?,17-,19-,20-;17-,19-,20-;;;/m111.../s1. The molecule has 1 heterocycles. The number of carbonyl (C=O) groups excluding carboxylic acids is 3. The lowest BCUT2D eigenvalue weighted by atomic mass is 9.44. The molecule has 10 rings (SSSR count). The van der Waals surface area contributed by atoms with Crippen molar-refractivity contribution in [3.8, 4) is 0 Å². The van der Waals surface area contributed by atoms with Gasteiger partial charge in [-0.05, 0) is 276 Å². The van der Waals surface area contributed by atoms with Crippen LogP contribution in [0.1, 0.15) is 320 Å². The molecule has 0 saturated heterocycles. The molecule has 0 amide bonds. The number of Topliss-reactive ketones (excluding diaryl/α,β-unsaturated/α-hetero) is 3. The maximum atomic E-state index is 12.0. The van der Waals surface area contributed by atoms with Crippen LogP contribution in [-0.2, 0) is 54.8 Å². The molecule has 1 aromatic carbocycles. The number of ketones is 3. The number of ether oxygens (including phenoxy) is 3. The van der Waals surface area contributed by atoms with Gasteiger partial charge in [-0.1, -0.05) is 173 Å². The van der Waals surface area contributed by atoms with Gasteiger partial charge in [0, 0.05) is 99.1 Å². The first-order valence-electron chi connectivity index (χ1n) is 44.0. The third-order valence-corrected chi connectivity index (χ3v) is 27.9. The van der Waals surface area contributed by atoms with E-state index in [1.807, 2.05) is 27.7 Å². The molecule has 13 atom stereocenters. The predicted molar refractivity (Wildman–Crippen MR) is 456 cm³/mol. The van der Waals surface area contributed by atoms with Crippen LogP contribution in [-0.4, -0.2) is 116 Å². The number of aryl methyl sites for hydroxylation is 1. The SMILES string of the molecule is CC(C)C1=CC2=CC[C@H]3[C@](C)(C(=O)O)CCC[C@]3(C)C2CC1.CC(C)C1C=CC2C(CC[C@H]3[C@](C)(C(=O)O)CCC[C@]23C)C1.CC(C)CCC(=O)CCCOCCN=[N+]=[N-].CC(C)CCC(=O)CCCOCCN=[N+]=[N-].CC(C)c1ccc2c(c1)CC[C@H]1[C@](C)(C(=O)O)CCC[C@]21C.CC1(CCC(=O)CCCOCCN=[N+]=[N-])N=N1. The lowest BCUT2D eigenvalue weighted by molar-refractivity contribution is -0.168. The quantitative estimate of drug-likeness (QED) is 0.0186. The summed E-state index contributed by atoms with van der Waals surface area (Å²) in [6.07, 6.45) is 36.4. The second-order valence-electron chi connectivity index (χ2n) is 38.1.